The summed E-state index contributed by atoms with van der Waals surface area (Å²) in [4.78, 5) is 27.9. The number of rotatable bonds is 6. The molecule has 8 heteroatoms. The largest absolute Gasteiger partial charge is 0.484 e. The van der Waals surface area contributed by atoms with E-state index < -0.39 is 11.9 Å². The molecule has 1 heterocycles. The number of hydrogen-bond donors (Lipinski definition) is 1. The number of benzene rings is 2. The third kappa shape index (κ3) is 5.15. The highest BCUT2D eigenvalue weighted by Crippen LogP contribution is 2.24. The number of ether oxygens (including phenoxy) is 1. The highest BCUT2D eigenvalue weighted by molar-refractivity contribution is 9.10. The molecule has 3 rings (SSSR count). The molecule has 1 amide bonds. The van der Waals surface area contributed by atoms with Gasteiger partial charge in [0.15, 0.2) is 12.4 Å². The lowest BCUT2D eigenvalue weighted by atomic mass is 10.0. The lowest BCUT2D eigenvalue weighted by Gasteiger charge is -2.09. The van der Waals surface area contributed by atoms with Crippen molar-refractivity contribution < 1.29 is 18.7 Å². The number of halogens is 3. The Kier molecular flexibility index (Phi) is 6.38. The SMILES string of the molecule is O=C(COc1ccc(C(=O)c2cc(Cl)ccc2Br)cc1)Nc1ccnc(F)c1. The maximum atomic E-state index is 13.0. The van der Waals surface area contributed by atoms with Crippen LogP contribution in [0.3, 0.4) is 0 Å². The van der Waals surface area contributed by atoms with Crippen LogP contribution in [0.5, 0.6) is 5.75 Å². The molecule has 0 saturated heterocycles. The van der Waals surface area contributed by atoms with Crippen molar-refractivity contribution in [1.29, 1.82) is 0 Å². The fourth-order valence-electron chi connectivity index (χ4n) is 2.36. The molecule has 28 heavy (non-hydrogen) atoms. The number of aromatic nitrogens is 1. The highest BCUT2D eigenvalue weighted by Gasteiger charge is 2.13. The van der Waals surface area contributed by atoms with E-state index >= 15 is 0 Å². The van der Waals surface area contributed by atoms with Crippen LogP contribution in [0.25, 0.3) is 0 Å². The Morgan fingerprint density at radius 3 is 2.57 bits per heavy atom. The second-order valence-corrected chi connectivity index (χ2v) is 6.97. The number of amides is 1. The Morgan fingerprint density at radius 2 is 1.86 bits per heavy atom. The van der Waals surface area contributed by atoms with E-state index in [9.17, 15) is 14.0 Å². The normalized spacial score (nSPS) is 10.4. The van der Waals surface area contributed by atoms with Crippen LogP contribution in [0.1, 0.15) is 15.9 Å². The lowest BCUT2D eigenvalue weighted by Crippen LogP contribution is -2.20. The Hall–Kier alpha value is -2.77. The molecular weight excluding hydrogens is 451 g/mol. The summed E-state index contributed by atoms with van der Waals surface area (Å²) in [6.07, 6.45) is 1.25. The molecule has 0 atom stereocenters. The Balaban J connectivity index is 1.60. The fraction of sp³-hybridized carbons (Fsp3) is 0.0500. The second-order valence-electron chi connectivity index (χ2n) is 5.68. The van der Waals surface area contributed by atoms with Crippen molar-refractivity contribution in [2.24, 2.45) is 0 Å². The van der Waals surface area contributed by atoms with Gasteiger partial charge in [-0.1, -0.05) is 27.5 Å². The quantitative estimate of drug-likeness (QED) is 0.418. The van der Waals surface area contributed by atoms with Crippen molar-refractivity contribution in [1.82, 2.24) is 4.98 Å². The minimum atomic E-state index is -0.690. The standard InChI is InChI=1S/C20H13BrClFN2O3/c21-17-6-3-13(22)9-16(17)20(27)12-1-4-15(5-2-12)28-11-19(26)25-14-7-8-24-18(23)10-14/h1-10H,11H2,(H,24,25,26). The molecule has 0 aliphatic rings. The zero-order valence-electron chi connectivity index (χ0n) is 14.3. The van der Waals surface area contributed by atoms with Gasteiger partial charge in [-0.3, -0.25) is 9.59 Å². The van der Waals surface area contributed by atoms with Crippen LogP contribution in [0.4, 0.5) is 10.1 Å². The minimum absolute atomic E-state index is 0.196. The number of nitrogens with zero attached hydrogens (tertiary/aromatic N) is 1. The summed E-state index contributed by atoms with van der Waals surface area (Å²) in [5.41, 5.74) is 1.19. The molecule has 0 radical (unpaired) electrons. The Bertz CT molecular complexity index is 1030. The van der Waals surface area contributed by atoms with E-state index in [2.05, 4.69) is 26.2 Å². The van der Waals surface area contributed by atoms with E-state index in [4.69, 9.17) is 16.3 Å². The maximum Gasteiger partial charge on any atom is 0.262 e. The second kappa shape index (κ2) is 8.95. The Labute approximate surface area is 173 Å². The molecule has 0 spiro atoms. The van der Waals surface area contributed by atoms with Gasteiger partial charge in [0.2, 0.25) is 5.95 Å². The fourth-order valence-corrected chi connectivity index (χ4v) is 2.95. The highest BCUT2D eigenvalue weighted by atomic mass is 79.9. The summed E-state index contributed by atoms with van der Waals surface area (Å²) < 4.78 is 19.0. The van der Waals surface area contributed by atoms with Crippen LogP contribution >= 0.6 is 27.5 Å². The number of nitrogens with one attached hydrogen (secondary N) is 1. The molecule has 5 nitrogen and oxygen atoms in total. The van der Waals surface area contributed by atoms with Gasteiger partial charge in [0.1, 0.15) is 5.75 Å². The molecule has 142 valence electrons. The van der Waals surface area contributed by atoms with Crippen LogP contribution in [0.2, 0.25) is 5.02 Å². The first-order valence-electron chi connectivity index (χ1n) is 8.06. The van der Waals surface area contributed by atoms with Crippen molar-refractivity contribution in [3.8, 4) is 5.75 Å². The molecule has 0 saturated carbocycles. The number of ketones is 1. The summed E-state index contributed by atoms with van der Waals surface area (Å²) in [7, 11) is 0. The number of carbonyl (C=O) groups excluding carboxylic acids is 2. The van der Waals surface area contributed by atoms with Crippen LogP contribution in [0.15, 0.2) is 65.3 Å². The molecule has 0 unspecified atom stereocenters. The number of anilines is 1. The summed E-state index contributed by atoms with van der Waals surface area (Å²) in [5, 5.41) is 2.96. The van der Waals surface area contributed by atoms with Crippen molar-refractivity contribution in [3.05, 3.63) is 87.4 Å². The molecule has 2 aromatic carbocycles. The van der Waals surface area contributed by atoms with Crippen LogP contribution in [0, 0.1) is 5.95 Å². The topological polar surface area (TPSA) is 68.3 Å². The summed E-state index contributed by atoms with van der Waals surface area (Å²) >= 11 is 9.30. The van der Waals surface area contributed by atoms with Gasteiger partial charge in [0.25, 0.3) is 5.91 Å². The lowest BCUT2D eigenvalue weighted by molar-refractivity contribution is -0.118. The monoisotopic (exact) mass is 462 g/mol. The number of pyridine rings is 1. The van der Waals surface area contributed by atoms with Gasteiger partial charge in [0, 0.05) is 38.6 Å². The molecular formula is C20H13BrClFN2O3. The molecule has 0 fully saturated rings. The van der Waals surface area contributed by atoms with Crippen LogP contribution < -0.4 is 10.1 Å². The average Bonchev–Trinajstić information content (AvgIpc) is 2.68. The van der Waals surface area contributed by atoms with Gasteiger partial charge in [0.05, 0.1) is 0 Å². The van der Waals surface area contributed by atoms with Crippen LogP contribution in [-0.2, 0) is 4.79 Å². The predicted octanol–water partition coefficient (Wildman–Crippen LogP) is 4.89. The van der Waals surface area contributed by atoms with E-state index in [0.29, 0.717) is 26.4 Å². The van der Waals surface area contributed by atoms with E-state index in [1.54, 1.807) is 42.5 Å². The number of carbonyl (C=O) groups is 2. The smallest absolute Gasteiger partial charge is 0.262 e. The molecule has 0 aliphatic carbocycles. The molecule has 1 N–H and O–H groups in total. The summed E-state index contributed by atoms with van der Waals surface area (Å²) in [5.74, 6) is -0.921. The zero-order chi connectivity index (χ0) is 20.1. The summed E-state index contributed by atoms with van der Waals surface area (Å²) in [6, 6.07) is 13.9. The van der Waals surface area contributed by atoms with Crippen molar-refractivity contribution >= 4 is 44.9 Å². The third-order valence-electron chi connectivity index (χ3n) is 3.67. The van der Waals surface area contributed by atoms with Crippen LogP contribution in [-0.4, -0.2) is 23.3 Å². The van der Waals surface area contributed by atoms with E-state index in [1.165, 1.54) is 12.3 Å². The van der Waals surface area contributed by atoms with E-state index in [-0.39, 0.29) is 18.1 Å². The van der Waals surface area contributed by atoms with Gasteiger partial charge in [-0.05, 0) is 48.5 Å². The van der Waals surface area contributed by atoms with Gasteiger partial charge < -0.3 is 10.1 Å². The minimum Gasteiger partial charge on any atom is -0.484 e. The zero-order valence-corrected chi connectivity index (χ0v) is 16.6. The van der Waals surface area contributed by atoms with Crippen molar-refractivity contribution in [2.45, 2.75) is 0 Å². The van der Waals surface area contributed by atoms with Crippen molar-refractivity contribution in [3.63, 3.8) is 0 Å². The predicted molar refractivity (Wildman–Crippen MR) is 107 cm³/mol. The number of hydrogen-bond acceptors (Lipinski definition) is 4. The molecule has 0 bridgehead atoms. The van der Waals surface area contributed by atoms with E-state index in [1.807, 2.05) is 0 Å². The summed E-state index contributed by atoms with van der Waals surface area (Å²) in [6.45, 7) is -0.267. The van der Waals surface area contributed by atoms with Crippen molar-refractivity contribution in [2.75, 3.05) is 11.9 Å². The maximum absolute atomic E-state index is 13.0. The van der Waals surface area contributed by atoms with Gasteiger partial charge in [-0.15, -0.1) is 0 Å². The Morgan fingerprint density at radius 1 is 1.11 bits per heavy atom. The first-order valence-corrected chi connectivity index (χ1v) is 9.23. The third-order valence-corrected chi connectivity index (χ3v) is 4.60. The molecule has 0 aliphatic heterocycles. The molecule has 1 aromatic heterocycles. The molecule has 3 aromatic rings. The first-order chi connectivity index (χ1) is 13.4. The van der Waals surface area contributed by atoms with Gasteiger partial charge in [-0.25, -0.2) is 4.98 Å². The van der Waals surface area contributed by atoms with E-state index in [0.717, 1.165) is 6.07 Å². The first kappa shape index (κ1) is 20.0. The average molecular weight is 464 g/mol. The van der Waals surface area contributed by atoms with Gasteiger partial charge >= 0.3 is 0 Å². The van der Waals surface area contributed by atoms with Gasteiger partial charge in [-0.2, -0.15) is 4.39 Å².